The fourth-order valence-electron chi connectivity index (χ4n) is 2.98. The number of nitrogens with zero attached hydrogens (tertiary/aromatic N) is 1. The van der Waals surface area contributed by atoms with Crippen molar-refractivity contribution in [2.24, 2.45) is 0 Å². The Bertz CT molecular complexity index is 1090. The van der Waals surface area contributed by atoms with Gasteiger partial charge in [-0.2, -0.15) is 0 Å². The van der Waals surface area contributed by atoms with Crippen molar-refractivity contribution in [1.29, 1.82) is 0 Å². The second-order valence-corrected chi connectivity index (χ2v) is 6.51. The minimum atomic E-state index is -0.535. The van der Waals surface area contributed by atoms with E-state index in [0.29, 0.717) is 28.7 Å². The minimum absolute atomic E-state index is 0.147. The van der Waals surface area contributed by atoms with Crippen molar-refractivity contribution >= 4 is 22.7 Å². The number of fused-ring (bicyclic) bond motifs is 1. The van der Waals surface area contributed by atoms with Crippen molar-refractivity contribution in [3.05, 3.63) is 60.3 Å². The van der Waals surface area contributed by atoms with Gasteiger partial charge in [-0.1, -0.05) is 12.7 Å². The Morgan fingerprint density at radius 2 is 1.77 bits per heavy atom. The first-order valence-corrected chi connectivity index (χ1v) is 9.32. The molecule has 0 saturated carbocycles. The number of rotatable bonds is 7. The van der Waals surface area contributed by atoms with Crippen LogP contribution in [0.4, 0.5) is 10.5 Å². The molecule has 0 saturated heterocycles. The standard InChI is InChI=1S/C23H24N2O5/c1-6-11-29-23(26)25-17-7-8-19(15(3)14(17)2)30-20-9-10-24-18-13-22(28-5)21(27-4)12-16(18)20/h6-10,12-13H,1,11H2,2-5H3,(H,25,26). The first-order chi connectivity index (χ1) is 14.5. The van der Waals surface area contributed by atoms with Crippen molar-refractivity contribution in [3.63, 3.8) is 0 Å². The molecule has 3 rings (SSSR count). The zero-order valence-corrected chi connectivity index (χ0v) is 17.4. The van der Waals surface area contributed by atoms with Gasteiger partial charge in [0.15, 0.2) is 11.5 Å². The van der Waals surface area contributed by atoms with Crippen molar-refractivity contribution in [2.75, 3.05) is 26.1 Å². The zero-order chi connectivity index (χ0) is 21.7. The summed E-state index contributed by atoms with van der Waals surface area (Å²) < 4.78 is 21.9. The molecule has 0 atom stereocenters. The summed E-state index contributed by atoms with van der Waals surface area (Å²) in [6, 6.07) is 9.02. The molecule has 0 fully saturated rings. The molecule has 7 nitrogen and oxygen atoms in total. The maximum absolute atomic E-state index is 11.8. The Kier molecular flexibility index (Phi) is 6.41. The van der Waals surface area contributed by atoms with E-state index in [1.54, 1.807) is 44.7 Å². The second kappa shape index (κ2) is 9.17. The number of carbonyl (C=O) groups excluding carboxylic acids is 1. The fourth-order valence-corrected chi connectivity index (χ4v) is 2.98. The average Bonchev–Trinajstić information content (AvgIpc) is 2.76. The van der Waals surface area contributed by atoms with E-state index < -0.39 is 6.09 Å². The average molecular weight is 408 g/mol. The van der Waals surface area contributed by atoms with E-state index in [0.717, 1.165) is 22.0 Å². The number of benzene rings is 2. The van der Waals surface area contributed by atoms with E-state index in [9.17, 15) is 4.79 Å². The van der Waals surface area contributed by atoms with Gasteiger partial charge in [0.25, 0.3) is 0 Å². The Labute approximate surface area is 175 Å². The maximum Gasteiger partial charge on any atom is 0.411 e. The van der Waals surface area contributed by atoms with Gasteiger partial charge in [0, 0.05) is 23.3 Å². The molecular weight excluding hydrogens is 384 g/mol. The summed E-state index contributed by atoms with van der Waals surface area (Å²) in [5.41, 5.74) is 3.14. The maximum atomic E-state index is 11.8. The van der Waals surface area contributed by atoms with Gasteiger partial charge in [-0.05, 0) is 49.2 Å². The fraction of sp³-hybridized carbons (Fsp3) is 0.217. The predicted molar refractivity (Wildman–Crippen MR) is 116 cm³/mol. The van der Waals surface area contributed by atoms with Crippen LogP contribution in [0.2, 0.25) is 0 Å². The highest BCUT2D eigenvalue weighted by atomic mass is 16.5. The second-order valence-electron chi connectivity index (χ2n) is 6.51. The van der Waals surface area contributed by atoms with Crippen LogP contribution >= 0.6 is 0 Å². The van der Waals surface area contributed by atoms with Gasteiger partial charge in [0.2, 0.25) is 0 Å². The third kappa shape index (κ3) is 4.30. The van der Waals surface area contributed by atoms with Gasteiger partial charge >= 0.3 is 6.09 Å². The SMILES string of the molecule is C=CCOC(=O)Nc1ccc(Oc2ccnc3cc(OC)c(OC)cc23)c(C)c1C. The Morgan fingerprint density at radius 1 is 1.03 bits per heavy atom. The van der Waals surface area contributed by atoms with E-state index in [1.165, 1.54) is 6.08 Å². The number of nitrogens with one attached hydrogen (secondary N) is 1. The van der Waals surface area contributed by atoms with Crippen molar-refractivity contribution in [3.8, 4) is 23.0 Å². The number of amides is 1. The molecule has 1 aromatic heterocycles. The number of hydrogen-bond acceptors (Lipinski definition) is 6. The highest BCUT2D eigenvalue weighted by Crippen LogP contribution is 2.38. The van der Waals surface area contributed by atoms with Crippen LogP contribution in [0, 0.1) is 13.8 Å². The van der Waals surface area contributed by atoms with Gasteiger partial charge in [-0.3, -0.25) is 10.3 Å². The molecule has 0 spiro atoms. The molecule has 30 heavy (non-hydrogen) atoms. The summed E-state index contributed by atoms with van der Waals surface area (Å²) in [5, 5.41) is 3.52. The first-order valence-electron chi connectivity index (χ1n) is 9.32. The van der Waals surface area contributed by atoms with Crippen LogP contribution in [0.3, 0.4) is 0 Å². The van der Waals surface area contributed by atoms with Crippen molar-refractivity contribution in [1.82, 2.24) is 4.98 Å². The van der Waals surface area contributed by atoms with Crippen molar-refractivity contribution < 1.29 is 23.7 Å². The van der Waals surface area contributed by atoms with Crippen LogP contribution in [0.15, 0.2) is 49.2 Å². The summed E-state index contributed by atoms with van der Waals surface area (Å²) in [6.45, 7) is 7.51. The van der Waals surface area contributed by atoms with Crippen LogP contribution in [0.5, 0.6) is 23.0 Å². The van der Waals surface area contributed by atoms with E-state index >= 15 is 0 Å². The summed E-state index contributed by atoms with van der Waals surface area (Å²) >= 11 is 0. The lowest BCUT2D eigenvalue weighted by atomic mass is 10.1. The molecule has 1 heterocycles. The normalized spacial score (nSPS) is 10.4. The molecule has 0 bridgehead atoms. The molecule has 1 N–H and O–H groups in total. The van der Waals surface area contributed by atoms with E-state index in [2.05, 4.69) is 16.9 Å². The van der Waals surface area contributed by atoms with Crippen molar-refractivity contribution in [2.45, 2.75) is 13.8 Å². The Balaban J connectivity index is 1.93. The largest absolute Gasteiger partial charge is 0.493 e. The van der Waals surface area contributed by atoms with Crippen LogP contribution < -0.4 is 19.5 Å². The molecule has 3 aromatic rings. The quantitative estimate of drug-likeness (QED) is 0.528. The number of hydrogen-bond donors (Lipinski definition) is 1. The lowest BCUT2D eigenvalue weighted by molar-refractivity contribution is 0.174. The van der Waals surface area contributed by atoms with Crippen LogP contribution in [0.25, 0.3) is 10.9 Å². The molecule has 0 aliphatic heterocycles. The lowest BCUT2D eigenvalue weighted by Gasteiger charge is -2.16. The number of methoxy groups -OCH3 is 2. The summed E-state index contributed by atoms with van der Waals surface area (Å²) in [5.74, 6) is 2.49. The van der Waals surface area contributed by atoms with E-state index in [1.807, 2.05) is 19.9 Å². The van der Waals surface area contributed by atoms with Gasteiger partial charge in [-0.25, -0.2) is 4.79 Å². The third-order valence-corrected chi connectivity index (χ3v) is 4.73. The third-order valence-electron chi connectivity index (χ3n) is 4.73. The summed E-state index contributed by atoms with van der Waals surface area (Å²) in [7, 11) is 3.17. The molecule has 0 radical (unpaired) electrons. The molecule has 2 aromatic carbocycles. The molecule has 7 heteroatoms. The highest BCUT2D eigenvalue weighted by Gasteiger charge is 2.14. The van der Waals surface area contributed by atoms with E-state index in [-0.39, 0.29) is 6.61 Å². The van der Waals surface area contributed by atoms with Crippen LogP contribution in [-0.4, -0.2) is 31.9 Å². The molecule has 0 aliphatic carbocycles. The first kappa shape index (κ1) is 21.0. The predicted octanol–water partition coefficient (Wildman–Crippen LogP) is 5.40. The van der Waals surface area contributed by atoms with E-state index in [4.69, 9.17) is 18.9 Å². The van der Waals surface area contributed by atoms with Crippen LogP contribution in [-0.2, 0) is 4.74 Å². The molecular formula is C23H24N2O5. The monoisotopic (exact) mass is 408 g/mol. The number of pyridine rings is 1. The highest BCUT2D eigenvalue weighted by molar-refractivity contribution is 5.89. The molecule has 0 aliphatic rings. The number of aromatic nitrogens is 1. The smallest absolute Gasteiger partial charge is 0.411 e. The Hall–Kier alpha value is -3.74. The number of carbonyl (C=O) groups is 1. The zero-order valence-electron chi connectivity index (χ0n) is 17.4. The Morgan fingerprint density at radius 3 is 2.47 bits per heavy atom. The van der Waals surface area contributed by atoms with Gasteiger partial charge < -0.3 is 18.9 Å². The van der Waals surface area contributed by atoms with Gasteiger partial charge in [0.05, 0.1) is 19.7 Å². The molecule has 0 unspecified atom stereocenters. The lowest BCUT2D eigenvalue weighted by Crippen LogP contribution is -2.14. The number of anilines is 1. The number of ether oxygens (including phenoxy) is 4. The summed E-state index contributed by atoms with van der Waals surface area (Å²) in [6.07, 6.45) is 2.66. The van der Waals surface area contributed by atoms with Gasteiger partial charge in [0.1, 0.15) is 18.1 Å². The summed E-state index contributed by atoms with van der Waals surface area (Å²) in [4.78, 5) is 16.2. The molecule has 156 valence electrons. The van der Waals surface area contributed by atoms with Crippen LogP contribution in [0.1, 0.15) is 11.1 Å². The minimum Gasteiger partial charge on any atom is -0.493 e. The molecule has 1 amide bonds. The topological polar surface area (TPSA) is 78.9 Å². The van der Waals surface area contributed by atoms with Gasteiger partial charge in [-0.15, -0.1) is 0 Å².